The summed E-state index contributed by atoms with van der Waals surface area (Å²) >= 11 is 0. The highest BCUT2D eigenvalue weighted by Crippen LogP contribution is 2.26. The Morgan fingerprint density at radius 2 is 2.00 bits per heavy atom. The summed E-state index contributed by atoms with van der Waals surface area (Å²) in [5.74, 6) is 1.80. The van der Waals surface area contributed by atoms with E-state index in [0.29, 0.717) is 18.7 Å². The molecule has 1 heterocycles. The molecule has 0 spiro atoms. The molecule has 1 saturated carbocycles. The molecule has 1 N–H and O–H groups in total. The van der Waals surface area contributed by atoms with Crippen LogP contribution >= 0.6 is 0 Å². The zero-order valence-corrected chi connectivity index (χ0v) is 15.5. The van der Waals surface area contributed by atoms with Gasteiger partial charge in [0, 0.05) is 30.7 Å². The molecule has 5 nitrogen and oxygen atoms in total. The van der Waals surface area contributed by atoms with E-state index in [2.05, 4.69) is 50.1 Å². The van der Waals surface area contributed by atoms with E-state index in [1.807, 2.05) is 6.07 Å². The molecule has 0 bridgehead atoms. The van der Waals surface area contributed by atoms with Gasteiger partial charge in [-0.15, -0.1) is 0 Å². The van der Waals surface area contributed by atoms with E-state index >= 15 is 0 Å². The predicted molar refractivity (Wildman–Crippen MR) is 94.8 cm³/mol. The molecular formula is C18H32N4O. The van der Waals surface area contributed by atoms with Crippen LogP contribution in [0.5, 0.6) is 0 Å². The van der Waals surface area contributed by atoms with Crippen LogP contribution in [0.1, 0.15) is 58.0 Å². The standard InChI is InChI=1S/C18H32N4O/c1-18(2,3)17-20-14(12-23-6)11-16(21-17)19-13-8-7-9-15(10-13)22(4)5/h11,13,15H,7-10,12H2,1-6H3,(H,19,20,21). The Labute approximate surface area is 140 Å². The summed E-state index contributed by atoms with van der Waals surface area (Å²) in [6.07, 6.45) is 4.93. The highest BCUT2D eigenvalue weighted by molar-refractivity contribution is 5.38. The van der Waals surface area contributed by atoms with E-state index in [-0.39, 0.29) is 5.41 Å². The number of rotatable bonds is 5. The Morgan fingerprint density at radius 1 is 1.26 bits per heavy atom. The summed E-state index contributed by atoms with van der Waals surface area (Å²) in [6.45, 7) is 6.95. The summed E-state index contributed by atoms with van der Waals surface area (Å²) in [5.41, 5.74) is 0.869. The summed E-state index contributed by atoms with van der Waals surface area (Å²) in [7, 11) is 6.05. The Bertz CT molecular complexity index is 510. The van der Waals surface area contributed by atoms with Crippen LogP contribution in [0.25, 0.3) is 0 Å². The first-order chi connectivity index (χ1) is 10.8. The van der Waals surface area contributed by atoms with Gasteiger partial charge in [0.25, 0.3) is 0 Å². The molecule has 2 unspecified atom stereocenters. The fraction of sp³-hybridized carbons (Fsp3) is 0.778. The molecule has 5 heteroatoms. The van der Waals surface area contributed by atoms with E-state index in [0.717, 1.165) is 17.3 Å². The van der Waals surface area contributed by atoms with Gasteiger partial charge < -0.3 is 15.0 Å². The van der Waals surface area contributed by atoms with E-state index in [1.54, 1.807) is 7.11 Å². The second kappa shape index (κ2) is 7.58. The lowest BCUT2D eigenvalue weighted by Crippen LogP contribution is -2.38. The van der Waals surface area contributed by atoms with Crippen molar-refractivity contribution in [2.75, 3.05) is 26.5 Å². The van der Waals surface area contributed by atoms with Crippen molar-refractivity contribution in [1.29, 1.82) is 0 Å². The van der Waals surface area contributed by atoms with Crippen LogP contribution in [0.15, 0.2) is 6.07 Å². The smallest absolute Gasteiger partial charge is 0.136 e. The summed E-state index contributed by atoms with van der Waals surface area (Å²) in [4.78, 5) is 11.7. The van der Waals surface area contributed by atoms with Crippen LogP contribution in [0.2, 0.25) is 0 Å². The first-order valence-electron chi connectivity index (χ1n) is 8.60. The third-order valence-electron chi connectivity index (χ3n) is 4.47. The van der Waals surface area contributed by atoms with Gasteiger partial charge >= 0.3 is 0 Å². The maximum Gasteiger partial charge on any atom is 0.136 e. The number of hydrogen-bond acceptors (Lipinski definition) is 5. The Morgan fingerprint density at radius 3 is 2.61 bits per heavy atom. The summed E-state index contributed by atoms with van der Waals surface area (Å²) < 4.78 is 5.26. The van der Waals surface area contributed by atoms with Gasteiger partial charge in [0.1, 0.15) is 11.6 Å². The zero-order chi connectivity index (χ0) is 17.0. The molecule has 1 fully saturated rings. The Kier molecular flexibility index (Phi) is 5.98. The molecule has 0 amide bonds. The second-order valence-corrected chi connectivity index (χ2v) is 7.88. The first kappa shape index (κ1) is 18.1. The minimum absolute atomic E-state index is 0.0705. The number of aromatic nitrogens is 2. The molecule has 0 radical (unpaired) electrons. The topological polar surface area (TPSA) is 50.3 Å². The fourth-order valence-electron chi connectivity index (χ4n) is 3.10. The Balaban J connectivity index is 2.16. The average molecular weight is 320 g/mol. The van der Waals surface area contributed by atoms with Crippen molar-refractivity contribution in [2.45, 2.75) is 70.6 Å². The van der Waals surface area contributed by atoms with Crippen LogP contribution in [0, 0.1) is 0 Å². The predicted octanol–water partition coefficient (Wildman–Crippen LogP) is 3.21. The van der Waals surface area contributed by atoms with Crippen LogP contribution in [-0.4, -0.2) is 48.2 Å². The van der Waals surface area contributed by atoms with Crippen molar-refractivity contribution in [3.05, 3.63) is 17.6 Å². The normalized spacial score (nSPS) is 22.4. The molecule has 2 rings (SSSR count). The average Bonchev–Trinajstić information content (AvgIpc) is 2.46. The van der Waals surface area contributed by atoms with Crippen molar-refractivity contribution in [1.82, 2.24) is 14.9 Å². The van der Waals surface area contributed by atoms with Gasteiger partial charge in [0.2, 0.25) is 0 Å². The first-order valence-corrected chi connectivity index (χ1v) is 8.60. The lowest BCUT2D eigenvalue weighted by Gasteiger charge is -2.34. The van der Waals surface area contributed by atoms with Crippen molar-refractivity contribution in [2.24, 2.45) is 0 Å². The monoisotopic (exact) mass is 320 g/mol. The van der Waals surface area contributed by atoms with E-state index in [1.165, 1.54) is 25.7 Å². The van der Waals surface area contributed by atoms with Crippen LogP contribution in [0.3, 0.4) is 0 Å². The molecule has 23 heavy (non-hydrogen) atoms. The number of ether oxygens (including phenoxy) is 1. The van der Waals surface area contributed by atoms with E-state index in [9.17, 15) is 0 Å². The molecule has 1 aliphatic rings. The number of hydrogen-bond donors (Lipinski definition) is 1. The molecule has 1 aromatic heterocycles. The van der Waals surface area contributed by atoms with E-state index < -0.39 is 0 Å². The maximum atomic E-state index is 5.26. The molecular weight excluding hydrogens is 288 g/mol. The van der Waals surface area contributed by atoms with Gasteiger partial charge in [-0.3, -0.25) is 0 Å². The fourth-order valence-corrected chi connectivity index (χ4v) is 3.10. The molecule has 0 saturated heterocycles. The van der Waals surface area contributed by atoms with Crippen molar-refractivity contribution < 1.29 is 4.74 Å². The van der Waals surface area contributed by atoms with Gasteiger partial charge in [0.15, 0.2) is 0 Å². The van der Waals surface area contributed by atoms with Crippen LogP contribution in [0.4, 0.5) is 5.82 Å². The summed E-state index contributed by atoms with van der Waals surface area (Å²) in [6, 6.07) is 3.16. The van der Waals surface area contributed by atoms with Gasteiger partial charge in [0.05, 0.1) is 12.3 Å². The van der Waals surface area contributed by atoms with Gasteiger partial charge in [-0.2, -0.15) is 0 Å². The lowest BCUT2D eigenvalue weighted by molar-refractivity contribution is 0.181. The van der Waals surface area contributed by atoms with Crippen LogP contribution in [-0.2, 0) is 16.8 Å². The van der Waals surface area contributed by atoms with Crippen LogP contribution < -0.4 is 5.32 Å². The number of anilines is 1. The third kappa shape index (κ3) is 5.15. The minimum atomic E-state index is -0.0705. The minimum Gasteiger partial charge on any atom is -0.378 e. The van der Waals surface area contributed by atoms with Crippen molar-refractivity contribution in [3.8, 4) is 0 Å². The second-order valence-electron chi connectivity index (χ2n) is 7.88. The molecule has 2 atom stereocenters. The molecule has 0 aliphatic heterocycles. The zero-order valence-electron chi connectivity index (χ0n) is 15.5. The molecule has 1 aliphatic carbocycles. The SMILES string of the molecule is COCc1cc(NC2CCCC(N(C)C)C2)nc(C(C)(C)C)n1. The molecule has 1 aromatic rings. The molecule has 130 valence electrons. The lowest BCUT2D eigenvalue weighted by atomic mass is 9.90. The maximum absolute atomic E-state index is 5.26. The highest BCUT2D eigenvalue weighted by atomic mass is 16.5. The number of nitrogens with zero attached hydrogens (tertiary/aromatic N) is 3. The molecule has 0 aromatic carbocycles. The van der Waals surface area contributed by atoms with Crippen molar-refractivity contribution >= 4 is 5.82 Å². The quantitative estimate of drug-likeness (QED) is 0.903. The Hall–Kier alpha value is -1.20. The third-order valence-corrected chi connectivity index (χ3v) is 4.47. The van der Waals surface area contributed by atoms with Crippen molar-refractivity contribution in [3.63, 3.8) is 0 Å². The number of methoxy groups -OCH3 is 1. The van der Waals surface area contributed by atoms with E-state index in [4.69, 9.17) is 9.72 Å². The van der Waals surface area contributed by atoms with Gasteiger partial charge in [-0.1, -0.05) is 20.8 Å². The van der Waals surface area contributed by atoms with Gasteiger partial charge in [-0.25, -0.2) is 9.97 Å². The number of nitrogens with one attached hydrogen (secondary N) is 1. The van der Waals surface area contributed by atoms with Gasteiger partial charge in [-0.05, 0) is 39.8 Å². The largest absolute Gasteiger partial charge is 0.378 e. The highest BCUT2D eigenvalue weighted by Gasteiger charge is 2.25. The summed E-state index contributed by atoms with van der Waals surface area (Å²) in [5, 5.41) is 3.64.